The van der Waals surface area contributed by atoms with Gasteiger partial charge in [-0.15, -0.1) is 28.5 Å². The lowest BCUT2D eigenvalue weighted by atomic mass is 10.1. The number of hydrogen-bond donors (Lipinski definition) is 0. The van der Waals surface area contributed by atoms with Crippen LogP contribution in [-0.4, -0.2) is 32.2 Å². The lowest BCUT2D eigenvalue weighted by Crippen LogP contribution is -2.39. The van der Waals surface area contributed by atoms with Crippen LogP contribution in [0.2, 0.25) is 0 Å². The van der Waals surface area contributed by atoms with Gasteiger partial charge in [-0.3, -0.25) is 9.36 Å². The van der Waals surface area contributed by atoms with Crippen LogP contribution in [0.25, 0.3) is 11.4 Å². The topological polar surface area (TPSA) is 64.2 Å². The fraction of sp³-hybridized carbons (Fsp3) is 0.192. The van der Waals surface area contributed by atoms with Crippen molar-refractivity contribution < 1.29 is 9.21 Å². The molecule has 1 atom stereocenters. The zero-order valence-electron chi connectivity index (χ0n) is 18.8. The van der Waals surface area contributed by atoms with Crippen molar-refractivity contribution in [3.63, 3.8) is 0 Å². The summed E-state index contributed by atoms with van der Waals surface area (Å²) >= 11 is 3.19. The molecule has 1 amide bonds. The zero-order chi connectivity index (χ0) is 23.5. The number of hydrogen-bond acceptors (Lipinski definition) is 6. The molecule has 0 saturated carbocycles. The number of rotatable bonds is 7. The van der Waals surface area contributed by atoms with E-state index < -0.39 is 0 Å². The Morgan fingerprint density at radius 2 is 1.97 bits per heavy atom. The number of thioether (sulfide) groups is 2. The number of furan rings is 1. The molecule has 0 aliphatic carbocycles. The second-order valence-corrected chi connectivity index (χ2v) is 9.86. The zero-order valence-corrected chi connectivity index (χ0v) is 20.4. The Labute approximate surface area is 207 Å². The first kappa shape index (κ1) is 22.6. The molecule has 0 unspecified atom stereocenters. The lowest BCUT2D eigenvalue weighted by molar-refractivity contribution is -0.116. The molecule has 172 valence electrons. The highest BCUT2D eigenvalue weighted by Crippen LogP contribution is 2.43. The number of carbonyl (C=O) groups excluding carboxylic acids is 1. The minimum atomic E-state index is -0.0237. The van der Waals surface area contributed by atoms with Crippen LogP contribution in [-0.2, 0) is 11.3 Å². The Hall–Kier alpha value is -3.23. The highest BCUT2D eigenvalue weighted by atomic mass is 32.2. The van der Waals surface area contributed by atoms with Crippen LogP contribution in [0.3, 0.4) is 0 Å². The molecule has 4 aromatic rings. The molecule has 5 rings (SSSR count). The first-order valence-electron chi connectivity index (χ1n) is 11.0. The van der Waals surface area contributed by atoms with E-state index in [2.05, 4.69) is 35.0 Å². The van der Waals surface area contributed by atoms with Crippen molar-refractivity contribution in [3.8, 4) is 11.4 Å². The fourth-order valence-corrected chi connectivity index (χ4v) is 6.09. The summed E-state index contributed by atoms with van der Waals surface area (Å²) in [5.41, 5.74) is 2.98. The molecule has 1 aliphatic heterocycles. The van der Waals surface area contributed by atoms with Gasteiger partial charge < -0.3 is 9.32 Å². The van der Waals surface area contributed by atoms with E-state index in [1.807, 2.05) is 58.9 Å². The third-order valence-corrected chi connectivity index (χ3v) is 7.83. The van der Waals surface area contributed by atoms with Crippen molar-refractivity contribution in [2.24, 2.45) is 0 Å². The summed E-state index contributed by atoms with van der Waals surface area (Å²) in [5.74, 6) is 2.60. The number of benzene rings is 2. The Bertz CT molecular complexity index is 1320. The number of aryl methyl sites for hydroxylation is 1. The van der Waals surface area contributed by atoms with Gasteiger partial charge in [0.1, 0.15) is 5.76 Å². The first-order valence-corrected chi connectivity index (χ1v) is 12.9. The molecule has 0 fully saturated rings. The van der Waals surface area contributed by atoms with Gasteiger partial charge in [-0.05, 0) is 30.7 Å². The quantitative estimate of drug-likeness (QED) is 0.235. The number of para-hydroxylation sites is 1. The maximum absolute atomic E-state index is 13.7. The summed E-state index contributed by atoms with van der Waals surface area (Å²) in [6.07, 6.45) is 3.45. The minimum Gasteiger partial charge on any atom is -0.469 e. The Kier molecular flexibility index (Phi) is 6.60. The predicted molar refractivity (Wildman–Crippen MR) is 137 cm³/mol. The van der Waals surface area contributed by atoms with Gasteiger partial charge in [-0.25, -0.2) is 0 Å². The third kappa shape index (κ3) is 4.31. The van der Waals surface area contributed by atoms with E-state index in [4.69, 9.17) is 4.42 Å². The number of fused-ring (bicyclic) bond motifs is 1. The molecule has 8 heteroatoms. The molecule has 2 aromatic carbocycles. The van der Waals surface area contributed by atoms with Gasteiger partial charge in [0.05, 0.1) is 29.3 Å². The van der Waals surface area contributed by atoms with Crippen molar-refractivity contribution in [1.82, 2.24) is 14.8 Å². The average molecular weight is 489 g/mol. The summed E-state index contributed by atoms with van der Waals surface area (Å²) in [7, 11) is 0. The van der Waals surface area contributed by atoms with Crippen LogP contribution < -0.4 is 4.90 Å². The SMILES string of the molecule is C=CCn1c(SCC(=O)N2c3ccccc3SC[C@H]2c2ccccc2)nnc1-c1ccoc1C. The molecule has 3 heterocycles. The van der Waals surface area contributed by atoms with E-state index >= 15 is 0 Å². The van der Waals surface area contributed by atoms with Crippen LogP contribution in [0.15, 0.2) is 94.1 Å². The number of aromatic nitrogens is 3. The van der Waals surface area contributed by atoms with Crippen molar-refractivity contribution in [1.29, 1.82) is 0 Å². The average Bonchev–Trinajstić information content (AvgIpc) is 3.48. The minimum absolute atomic E-state index is 0.0237. The Balaban J connectivity index is 1.43. The molecule has 34 heavy (non-hydrogen) atoms. The molecule has 0 saturated heterocycles. The van der Waals surface area contributed by atoms with Crippen LogP contribution >= 0.6 is 23.5 Å². The van der Waals surface area contributed by atoms with Crippen molar-refractivity contribution >= 4 is 35.1 Å². The van der Waals surface area contributed by atoms with Crippen LogP contribution in [0.4, 0.5) is 5.69 Å². The largest absolute Gasteiger partial charge is 0.469 e. The van der Waals surface area contributed by atoms with E-state index in [0.717, 1.165) is 33.2 Å². The fourth-order valence-electron chi connectivity index (χ4n) is 4.12. The number of nitrogens with zero attached hydrogens (tertiary/aromatic N) is 4. The number of amides is 1. The number of carbonyl (C=O) groups is 1. The molecule has 0 radical (unpaired) electrons. The molecule has 0 N–H and O–H groups in total. The summed E-state index contributed by atoms with van der Waals surface area (Å²) < 4.78 is 7.42. The molecule has 1 aliphatic rings. The first-order chi connectivity index (χ1) is 16.7. The van der Waals surface area contributed by atoms with Gasteiger partial charge >= 0.3 is 0 Å². The van der Waals surface area contributed by atoms with E-state index in [1.165, 1.54) is 11.8 Å². The maximum atomic E-state index is 13.7. The molecule has 6 nitrogen and oxygen atoms in total. The second kappa shape index (κ2) is 9.95. The third-order valence-electron chi connectivity index (χ3n) is 5.74. The molecular formula is C26H24N4O2S2. The van der Waals surface area contributed by atoms with Crippen molar-refractivity contribution in [2.75, 3.05) is 16.4 Å². The van der Waals surface area contributed by atoms with Gasteiger partial charge in [0.2, 0.25) is 5.91 Å². The Morgan fingerprint density at radius 1 is 1.18 bits per heavy atom. The van der Waals surface area contributed by atoms with Gasteiger partial charge in [0.25, 0.3) is 0 Å². The summed E-state index contributed by atoms with van der Waals surface area (Å²) in [6.45, 7) is 6.31. The molecular weight excluding hydrogens is 464 g/mol. The van der Waals surface area contributed by atoms with E-state index in [-0.39, 0.29) is 17.7 Å². The van der Waals surface area contributed by atoms with Gasteiger partial charge in [0.15, 0.2) is 11.0 Å². The molecule has 2 aromatic heterocycles. The van der Waals surface area contributed by atoms with Gasteiger partial charge in [0, 0.05) is 17.2 Å². The van der Waals surface area contributed by atoms with Gasteiger partial charge in [-0.1, -0.05) is 60.3 Å². The van der Waals surface area contributed by atoms with Crippen LogP contribution in [0.5, 0.6) is 0 Å². The summed E-state index contributed by atoms with van der Waals surface area (Å²) in [4.78, 5) is 16.8. The smallest absolute Gasteiger partial charge is 0.238 e. The van der Waals surface area contributed by atoms with Crippen LogP contribution in [0, 0.1) is 6.92 Å². The predicted octanol–water partition coefficient (Wildman–Crippen LogP) is 6.00. The van der Waals surface area contributed by atoms with Crippen LogP contribution in [0.1, 0.15) is 17.4 Å². The summed E-state index contributed by atoms with van der Waals surface area (Å²) in [5, 5.41) is 9.45. The maximum Gasteiger partial charge on any atom is 0.238 e. The number of allylic oxidation sites excluding steroid dienone is 1. The normalized spacial score (nSPS) is 15.2. The van der Waals surface area contributed by atoms with Gasteiger partial charge in [-0.2, -0.15) is 0 Å². The summed E-state index contributed by atoms with van der Waals surface area (Å²) in [6, 6.07) is 20.2. The highest BCUT2D eigenvalue weighted by molar-refractivity contribution is 8.00. The lowest BCUT2D eigenvalue weighted by Gasteiger charge is -2.37. The number of anilines is 1. The standard InChI is InChI=1S/C26H24N4O2S2/c1-3-14-29-25(20-13-15-32-18(20)2)27-28-26(29)34-17-24(31)30-21-11-7-8-12-23(21)33-16-22(30)19-9-5-4-6-10-19/h3-13,15,22H,1,14,16-17H2,2H3/t22-/m0/s1. The Morgan fingerprint density at radius 3 is 2.74 bits per heavy atom. The molecule has 0 bridgehead atoms. The van der Waals surface area contributed by atoms with E-state index in [9.17, 15) is 4.79 Å². The molecule has 0 spiro atoms. The second-order valence-electron chi connectivity index (χ2n) is 7.85. The highest BCUT2D eigenvalue weighted by Gasteiger charge is 2.32. The van der Waals surface area contributed by atoms with Crippen molar-refractivity contribution in [2.45, 2.75) is 29.6 Å². The van der Waals surface area contributed by atoms with E-state index in [1.54, 1.807) is 24.1 Å². The monoisotopic (exact) mass is 488 g/mol. The van der Waals surface area contributed by atoms with E-state index in [0.29, 0.717) is 17.5 Å². The van der Waals surface area contributed by atoms with Crippen molar-refractivity contribution in [3.05, 3.63) is 90.9 Å².